The van der Waals surface area contributed by atoms with Crippen LogP contribution in [0.5, 0.6) is 0 Å². The van der Waals surface area contributed by atoms with Crippen molar-refractivity contribution in [3.05, 3.63) is 12.7 Å². The van der Waals surface area contributed by atoms with Gasteiger partial charge in [0.15, 0.2) is 0 Å². The SMILES string of the molecule is C=CC(=O)OC(CCCCCCCCCCCCCCC)OP(O)(O)=S. The number of hydrogen-bond acceptors (Lipinski definition) is 4. The molecule has 0 spiro atoms. The van der Waals surface area contributed by atoms with Crippen molar-refractivity contribution < 1.29 is 23.8 Å². The Labute approximate surface area is 164 Å². The predicted octanol–water partition coefficient (Wildman–Crippen LogP) is 5.75. The van der Waals surface area contributed by atoms with Gasteiger partial charge in [0.25, 0.3) is 0 Å². The van der Waals surface area contributed by atoms with Gasteiger partial charge in [-0.3, -0.25) is 4.52 Å². The normalized spacial score (nSPS) is 12.7. The van der Waals surface area contributed by atoms with E-state index < -0.39 is 19.0 Å². The Morgan fingerprint density at radius 3 is 1.77 bits per heavy atom. The summed E-state index contributed by atoms with van der Waals surface area (Å²) in [5, 5.41) is 0. The lowest BCUT2D eigenvalue weighted by atomic mass is 10.0. The van der Waals surface area contributed by atoms with Crippen LogP contribution < -0.4 is 0 Å². The molecule has 26 heavy (non-hydrogen) atoms. The number of unbranched alkanes of at least 4 members (excludes halogenated alkanes) is 12. The summed E-state index contributed by atoms with van der Waals surface area (Å²) < 4.78 is 9.81. The average molecular weight is 409 g/mol. The average Bonchev–Trinajstić information content (AvgIpc) is 2.57. The van der Waals surface area contributed by atoms with E-state index in [2.05, 4.69) is 25.3 Å². The summed E-state index contributed by atoms with van der Waals surface area (Å²) in [5.74, 6) is -0.659. The van der Waals surface area contributed by atoms with Gasteiger partial charge in [0.2, 0.25) is 6.29 Å². The van der Waals surface area contributed by atoms with E-state index in [1.807, 2.05) is 0 Å². The van der Waals surface area contributed by atoms with E-state index in [-0.39, 0.29) is 0 Å². The van der Waals surface area contributed by atoms with Crippen LogP contribution in [0, 0.1) is 0 Å². The molecule has 154 valence electrons. The maximum atomic E-state index is 11.2. The van der Waals surface area contributed by atoms with Crippen molar-refractivity contribution in [3.63, 3.8) is 0 Å². The first-order chi connectivity index (χ1) is 12.4. The van der Waals surface area contributed by atoms with Gasteiger partial charge in [0.05, 0.1) is 0 Å². The third-order valence-electron chi connectivity index (χ3n) is 4.21. The highest BCUT2D eigenvalue weighted by atomic mass is 32.5. The minimum absolute atomic E-state index is 0.400. The lowest BCUT2D eigenvalue weighted by Crippen LogP contribution is -2.19. The molecule has 0 aliphatic carbocycles. The van der Waals surface area contributed by atoms with E-state index in [1.165, 1.54) is 64.2 Å². The van der Waals surface area contributed by atoms with Crippen molar-refractivity contribution in [1.82, 2.24) is 0 Å². The first kappa shape index (κ1) is 25.7. The summed E-state index contributed by atoms with van der Waals surface area (Å²) in [7, 11) is 0. The molecule has 0 saturated heterocycles. The molecular formula is C19H37O5PS. The zero-order valence-electron chi connectivity index (χ0n) is 16.2. The van der Waals surface area contributed by atoms with Gasteiger partial charge in [0.1, 0.15) is 0 Å². The Kier molecular flexibility index (Phi) is 16.7. The van der Waals surface area contributed by atoms with Gasteiger partial charge in [-0.25, -0.2) is 4.79 Å². The van der Waals surface area contributed by atoms with Gasteiger partial charge in [0, 0.05) is 12.5 Å². The van der Waals surface area contributed by atoms with E-state index in [1.54, 1.807) is 0 Å². The molecule has 0 aromatic carbocycles. The summed E-state index contributed by atoms with van der Waals surface area (Å²) in [6.07, 6.45) is 16.5. The highest BCUT2D eigenvalue weighted by Crippen LogP contribution is 2.39. The Morgan fingerprint density at radius 2 is 1.38 bits per heavy atom. The van der Waals surface area contributed by atoms with Crippen LogP contribution in [-0.2, 0) is 25.9 Å². The standard InChI is InChI=1S/C19H37O5PS/c1-3-5-6-7-8-9-10-11-12-13-14-15-16-17-19(23-18(20)4-2)24-25(21,22)26/h4,19H,2-3,5-17H2,1H3,(H2,21,22,26). The van der Waals surface area contributed by atoms with E-state index in [9.17, 15) is 14.6 Å². The van der Waals surface area contributed by atoms with E-state index in [0.717, 1.165) is 25.3 Å². The van der Waals surface area contributed by atoms with Gasteiger partial charge in [-0.2, -0.15) is 0 Å². The van der Waals surface area contributed by atoms with Crippen LogP contribution in [0.1, 0.15) is 96.8 Å². The number of hydrogen-bond donors (Lipinski definition) is 2. The Bertz CT molecular complexity index is 411. The van der Waals surface area contributed by atoms with E-state index in [0.29, 0.717) is 6.42 Å². The maximum Gasteiger partial charge on any atom is 0.332 e. The van der Waals surface area contributed by atoms with Crippen LogP contribution in [0.3, 0.4) is 0 Å². The minimum atomic E-state index is -3.85. The lowest BCUT2D eigenvalue weighted by molar-refractivity contribution is -0.159. The molecule has 0 bridgehead atoms. The predicted molar refractivity (Wildman–Crippen MR) is 110 cm³/mol. The molecule has 5 nitrogen and oxygen atoms in total. The van der Waals surface area contributed by atoms with Crippen LogP contribution in [0.2, 0.25) is 0 Å². The third kappa shape index (κ3) is 18.5. The smallest absolute Gasteiger partial charge is 0.332 e. The maximum absolute atomic E-state index is 11.2. The molecule has 2 N–H and O–H groups in total. The minimum Gasteiger partial charge on any atom is -0.432 e. The highest BCUT2D eigenvalue weighted by Gasteiger charge is 2.20. The molecule has 0 radical (unpaired) electrons. The second kappa shape index (κ2) is 16.9. The molecule has 0 fully saturated rings. The highest BCUT2D eigenvalue weighted by molar-refractivity contribution is 8.06. The molecule has 0 aromatic heterocycles. The fourth-order valence-electron chi connectivity index (χ4n) is 2.79. The quantitative estimate of drug-likeness (QED) is 0.0989. The number of esters is 1. The lowest BCUT2D eigenvalue weighted by Gasteiger charge is -2.19. The van der Waals surface area contributed by atoms with Gasteiger partial charge < -0.3 is 14.5 Å². The van der Waals surface area contributed by atoms with Gasteiger partial charge in [-0.15, -0.1) is 0 Å². The van der Waals surface area contributed by atoms with E-state index in [4.69, 9.17) is 9.26 Å². The van der Waals surface area contributed by atoms with Gasteiger partial charge in [-0.05, 0) is 18.2 Å². The molecule has 1 unspecified atom stereocenters. The summed E-state index contributed by atoms with van der Waals surface area (Å²) in [6.45, 7) is 1.70. The molecule has 0 aromatic rings. The first-order valence-electron chi connectivity index (χ1n) is 9.96. The van der Waals surface area contributed by atoms with Crippen molar-refractivity contribution >= 4 is 24.5 Å². The van der Waals surface area contributed by atoms with Crippen LogP contribution in [-0.4, -0.2) is 22.0 Å². The van der Waals surface area contributed by atoms with Crippen molar-refractivity contribution in [2.45, 2.75) is 103 Å². The van der Waals surface area contributed by atoms with Gasteiger partial charge in [-0.1, -0.05) is 90.6 Å². The number of rotatable bonds is 18. The first-order valence-corrected chi connectivity index (χ1v) is 12.6. The third-order valence-corrected chi connectivity index (χ3v) is 4.98. The number of carbonyl (C=O) groups excluding carboxylic acids is 1. The molecule has 7 heteroatoms. The number of ether oxygens (including phenoxy) is 1. The molecule has 1 atom stereocenters. The monoisotopic (exact) mass is 408 g/mol. The Morgan fingerprint density at radius 1 is 0.962 bits per heavy atom. The van der Waals surface area contributed by atoms with Crippen LogP contribution >= 0.6 is 6.72 Å². The summed E-state index contributed by atoms with van der Waals surface area (Å²) in [4.78, 5) is 29.7. The van der Waals surface area contributed by atoms with Crippen LogP contribution in [0.25, 0.3) is 0 Å². The van der Waals surface area contributed by atoms with Crippen molar-refractivity contribution in [2.75, 3.05) is 0 Å². The van der Waals surface area contributed by atoms with Crippen molar-refractivity contribution in [3.8, 4) is 0 Å². The topological polar surface area (TPSA) is 76.0 Å². The molecule has 0 saturated carbocycles. The second-order valence-corrected chi connectivity index (χ2v) is 9.32. The largest absolute Gasteiger partial charge is 0.432 e. The fourth-order valence-corrected chi connectivity index (χ4v) is 3.54. The zero-order valence-corrected chi connectivity index (χ0v) is 17.9. The summed E-state index contributed by atoms with van der Waals surface area (Å²) in [6, 6.07) is 0. The second-order valence-electron chi connectivity index (χ2n) is 6.70. The van der Waals surface area contributed by atoms with Crippen molar-refractivity contribution in [1.29, 1.82) is 0 Å². The molecule has 0 aliphatic rings. The molecule has 0 heterocycles. The zero-order chi connectivity index (χ0) is 19.7. The Hall–Kier alpha value is -0.260. The van der Waals surface area contributed by atoms with Gasteiger partial charge >= 0.3 is 12.7 Å². The van der Waals surface area contributed by atoms with Crippen LogP contribution in [0.15, 0.2) is 12.7 Å². The molecular weight excluding hydrogens is 371 g/mol. The molecule has 0 rings (SSSR count). The summed E-state index contributed by atoms with van der Waals surface area (Å²) in [5.41, 5.74) is 0. The Balaban J connectivity index is 3.61. The summed E-state index contributed by atoms with van der Waals surface area (Å²) >= 11 is 4.43. The number of carbonyl (C=O) groups is 1. The fraction of sp³-hybridized carbons (Fsp3) is 0.842. The molecule has 0 aliphatic heterocycles. The van der Waals surface area contributed by atoms with Crippen molar-refractivity contribution in [2.24, 2.45) is 0 Å². The van der Waals surface area contributed by atoms with Crippen LogP contribution in [0.4, 0.5) is 0 Å². The van der Waals surface area contributed by atoms with E-state index >= 15 is 0 Å². The molecule has 0 amide bonds.